The molecule has 0 saturated carbocycles. The number of hydrogen-bond donors (Lipinski definition) is 0. The van der Waals surface area contributed by atoms with Gasteiger partial charge in [0.05, 0.1) is 0 Å². The molecule has 0 spiro atoms. The summed E-state index contributed by atoms with van der Waals surface area (Å²) < 4.78 is 0. The summed E-state index contributed by atoms with van der Waals surface area (Å²) in [5, 5.41) is 0. The molecule has 1 fully saturated rings. The molecule has 3 rings (SSSR count). The summed E-state index contributed by atoms with van der Waals surface area (Å²) in [6.07, 6.45) is 6.05. The van der Waals surface area contributed by atoms with Crippen LogP contribution < -0.4 is 4.90 Å². The van der Waals surface area contributed by atoms with E-state index in [2.05, 4.69) is 64.8 Å². The molecule has 1 aromatic carbocycles. The minimum Gasteiger partial charge on any atom is -0.369 e. The van der Waals surface area contributed by atoms with E-state index in [4.69, 9.17) is 0 Å². The highest BCUT2D eigenvalue weighted by Crippen LogP contribution is 2.20. The van der Waals surface area contributed by atoms with Gasteiger partial charge in [-0.1, -0.05) is 24.6 Å². The highest BCUT2D eigenvalue weighted by Gasteiger charge is 2.24. The average Bonchev–Trinajstić information content (AvgIpc) is 2.59. The van der Waals surface area contributed by atoms with E-state index in [1.54, 1.807) is 0 Å². The standard InChI is InChI=1S/C20H28N4/c1-4-5-20-21-12-18(13-22-20)15-23-10-11-24(14-17(23)3)19-8-6-16(2)7-9-19/h6-9,12-13,17H,4-5,10-11,14-15H2,1-3H3. The van der Waals surface area contributed by atoms with Gasteiger partial charge in [-0.2, -0.15) is 0 Å². The van der Waals surface area contributed by atoms with Crippen molar-refractivity contribution in [3.63, 3.8) is 0 Å². The summed E-state index contributed by atoms with van der Waals surface area (Å²) in [6, 6.07) is 9.38. The third-order valence-electron chi connectivity index (χ3n) is 4.78. The van der Waals surface area contributed by atoms with Gasteiger partial charge in [0.1, 0.15) is 5.82 Å². The van der Waals surface area contributed by atoms with Crippen LogP contribution in [0.1, 0.15) is 37.2 Å². The van der Waals surface area contributed by atoms with E-state index >= 15 is 0 Å². The van der Waals surface area contributed by atoms with Crippen molar-refractivity contribution in [3.8, 4) is 0 Å². The topological polar surface area (TPSA) is 32.3 Å². The van der Waals surface area contributed by atoms with Crippen LogP contribution in [0.3, 0.4) is 0 Å². The predicted octanol–water partition coefficient (Wildman–Crippen LogP) is 3.45. The summed E-state index contributed by atoms with van der Waals surface area (Å²) in [6.45, 7) is 10.8. The molecule has 1 aliphatic rings. The van der Waals surface area contributed by atoms with Crippen LogP contribution in [-0.4, -0.2) is 40.5 Å². The Balaban J connectivity index is 1.58. The van der Waals surface area contributed by atoms with Gasteiger partial charge in [-0.25, -0.2) is 9.97 Å². The first-order valence-corrected chi connectivity index (χ1v) is 9.01. The van der Waals surface area contributed by atoms with Gasteiger partial charge in [-0.15, -0.1) is 0 Å². The van der Waals surface area contributed by atoms with E-state index in [9.17, 15) is 0 Å². The number of aryl methyl sites for hydroxylation is 2. The fraction of sp³-hybridized carbons (Fsp3) is 0.500. The fourth-order valence-electron chi connectivity index (χ4n) is 3.27. The second kappa shape index (κ2) is 7.75. The summed E-state index contributed by atoms with van der Waals surface area (Å²) in [7, 11) is 0. The van der Waals surface area contributed by atoms with Crippen LogP contribution in [0.4, 0.5) is 5.69 Å². The Morgan fingerprint density at radius 2 is 1.79 bits per heavy atom. The average molecular weight is 324 g/mol. The van der Waals surface area contributed by atoms with Crippen LogP contribution in [0, 0.1) is 6.92 Å². The minimum atomic E-state index is 0.523. The zero-order valence-corrected chi connectivity index (χ0v) is 15.1. The van der Waals surface area contributed by atoms with Crippen molar-refractivity contribution in [2.45, 2.75) is 46.2 Å². The van der Waals surface area contributed by atoms with Crippen molar-refractivity contribution in [1.82, 2.24) is 14.9 Å². The van der Waals surface area contributed by atoms with Crippen molar-refractivity contribution in [2.75, 3.05) is 24.5 Å². The molecule has 4 heteroatoms. The quantitative estimate of drug-likeness (QED) is 0.843. The first kappa shape index (κ1) is 16.9. The van der Waals surface area contributed by atoms with E-state index < -0.39 is 0 Å². The number of aromatic nitrogens is 2. The molecule has 0 radical (unpaired) electrons. The lowest BCUT2D eigenvalue weighted by atomic mass is 10.1. The predicted molar refractivity (Wildman–Crippen MR) is 99.3 cm³/mol. The van der Waals surface area contributed by atoms with Crippen LogP contribution >= 0.6 is 0 Å². The van der Waals surface area contributed by atoms with Gasteiger partial charge >= 0.3 is 0 Å². The zero-order chi connectivity index (χ0) is 16.9. The zero-order valence-electron chi connectivity index (χ0n) is 15.1. The number of anilines is 1. The van der Waals surface area contributed by atoms with Crippen molar-refractivity contribution in [1.29, 1.82) is 0 Å². The van der Waals surface area contributed by atoms with Gasteiger partial charge in [0.2, 0.25) is 0 Å². The third-order valence-corrected chi connectivity index (χ3v) is 4.78. The van der Waals surface area contributed by atoms with Crippen molar-refractivity contribution >= 4 is 5.69 Å². The molecule has 0 bridgehead atoms. The van der Waals surface area contributed by atoms with Crippen LogP contribution in [0.25, 0.3) is 0 Å². The van der Waals surface area contributed by atoms with Crippen LogP contribution in [-0.2, 0) is 13.0 Å². The molecule has 0 N–H and O–H groups in total. The van der Waals surface area contributed by atoms with E-state index in [-0.39, 0.29) is 0 Å². The smallest absolute Gasteiger partial charge is 0.128 e. The lowest BCUT2D eigenvalue weighted by Crippen LogP contribution is -2.51. The number of nitrogens with zero attached hydrogens (tertiary/aromatic N) is 4. The summed E-state index contributed by atoms with van der Waals surface area (Å²) >= 11 is 0. The van der Waals surface area contributed by atoms with Crippen molar-refractivity contribution in [2.24, 2.45) is 0 Å². The molecule has 128 valence electrons. The molecule has 24 heavy (non-hydrogen) atoms. The Bertz CT molecular complexity index is 636. The Hall–Kier alpha value is -1.94. The number of piperazine rings is 1. The Morgan fingerprint density at radius 3 is 2.42 bits per heavy atom. The molecule has 0 aliphatic carbocycles. The van der Waals surface area contributed by atoms with Gasteiger partial charge < -0.3 is 4.90 Å². The lowest BCUT2D eigenvalue weighted by molar-refractivity contribution is 0.180. The number of benzene rings is 1. The van der Waals surface area contributed by atoms with E-state index in [1.807, 2.05) is 12.4 Å². The summed E-state index contributed by atoms with van der Waals surface area (Å²) in [5.41, 5.74) is 3.86. The van der Waals surface area contributed by atoms with Crippen molar-refractivity contribution in [3.05, 3.63) is 53.6 Å². The summed E-state index contributed by atoms with van der Waals surface area (Å²) in [4.78, 5) is 14.0. The second-order valence-electron chi connectivity index (χ2n) is 6.86. The SMILES string of the molecule is CCCc1ncc(CN2CCN(c3ccc(C)cc3)CC2C)cn1. The van der Waals surface area contributed by atoms with E-state index in [0.29, 0.717) is 6.04 Å². The number of hydrogen-bond acceptors (Lipinski definition) is 4. The second-order valence-corrected chi connectivity index (χ2v) is 6.86. The normalized spacial score (nSPS) is 18.8. The maximum Gasteiger partial charge on any atom is 0.128 e. The lowest BCUT2D eigenvalue weighted by Gasteiger charge is -2.41. The van der Waals surface area contributed by atoms with E-state index in [0.717, 1.165) is 44.8 Å². The molecule has 1 unspecified atom stereocenters. The van der Waals surface area contributed by atoms with Gasteiger partial charge in [-0.3, -0.25) is 4.90 Å². The molecule has 1 aromatic heterocycles. The molecule has 4 nitrogen and oxygen atoms in total. The highest BCUT2D eigenvalue weighted by molar-refractivity contribution is 5.48. The fourth-order valence-corrected chi connectivity index (χ4v) is 3.27. The van der Waals surface area contributed by atoms with Crippen molar-refractivity contribution < 1.29 is 0 Å². The van der Waals surface area contributed by atoms with Gasteiger partial charge in [0.25, 0.3) is 0 Å². The van der Waals surface area contributed by atoms with Crippen LogP contribution in [0.15, 0.2) is 36.7 Å². The molecule has 2 heterocycles. The minimum absolute atomic E-state index is 0.523. The third kappa shape index (κ3) is 4.12. The molecule has 2 aromatic rings. The molecule has 1 atom stereocenters. The highest BCUT2D eigenvalue weighted by atomic mass is 15.3. The molecule has 0 amide bonds. The van der Waals surface area contributed by atoms with Gasteiger partial charge in [0, 0.05) is 62.3 Å². The first-order valence-electron chi connectivity index (χ1n) is 9.01. The maximum atomic E-state index is 4.48. The van der Waals surface area contributed by atoms with Gasteiger partial charge in [0.15, 0.2) is 0 Å². The largest absolute Gasteiger partial charge is 0.369 e. The molecular formula is C20H28N4. The Kier molecular flexibility index (Phi) is 5.46. The Morgan fingerprint density at radius 1 is 1.08 bits per heavy atom. The molecule has 1 saturated heterocycles. The summed E-state index contributed by atoms with van der Waals surface area (Å²) in [5.74, 6) is 0.957. The monoisotopic (exact) mass is 324 g/mol. The van der Waals surface area contributed by atoms with Crippen LogP contribution in [0.5, 0.6) is 0 Å². The van der Waals surface area contributed by atoms with Gasteiger partial charge in [-0.05, 0) is 32.4 Å². The maximum absolute atomic E-state index is 4.48. The first-order chi connectivity index (χ1) is 11.7. The Labute approximate surface area is 145 Å². The molecule has 1 aliphatic heterocycles. The van der Waals surface area contributed by atoms with Crippen LogP contribution in [0.2, 0.25) is 0 Å². The van der Waals surface area contributed by atoms with E-state index in [1.165, 1.54) is 16.8 Å². The molecular weight excluding hydrogens is 296 g/mol. The number of rotatable bonds is 5.